The van der Waals surface area contributed by atoms with Gasteiger partial charge in [0.2, 0.25) is 0 Å². The number of fused-ring (bicyclic) bond motifs is 5. The van der Waals surface area contributed by atoms with Crippen LogP contribution in [-0.4, -0.2) is 23.6 Å². The van der Waals surface area contributed by atoms with Crippen LogP contribution in [0.3, 0.4) is 0 Å². The maximum atomic E-state index is 13.6. The topological polar surface area (TPSA) is 60.4 Å². The van der Waals surface area contributed by atoms with Crippen molar-refractivity contribution >= 4 is 17.5 Å². The number of esters is 1. The molecule has 2 aromatic rings. The zero-order chi connectivity index (χ0) is 33.5. The molecule has 0 saturated heterocycles. The number of carbonyl (C=O) groups excluding carboxylic acids is 3. The van der Waals surface area contributed by atoms with Crippen LogP contribution in [-0.2, 0) is 9.53 Å². The van der Waals surface area contributed by atoms with Gasteiger partial charge in [-0.2, -0.15) is 0 Å². The number of hydrogen-bond donors (Lipinski definition) is 0. The fraction of sp³-hybridized carbons (Fsp3) is 0.558. The quantitative estimate of drug-likeness (QED) is 0.193. The van der Waals surface area contributed by atoms with Crippen molar-refractivity contribution in [2.45, 2.75) is 99.0 Å². The highest BCUT2D eigenvalue weighted by atomic mass is 16.5. The first-order valence-electron chi connectivity index (χ1n) is 18.2. The molecule has 9 atom stereocenters. The summed E-state index contributed by atoms with van der Waals surface area (Å²) in [6, 6.07) is 19.4. The van der Waals surface area contributed by atoms with Crippen molar-refractivity contribution in [1.29, 1.82) is 0 Å². The molecule has 4 heteroatoms. The summed E-state index contributed by atoms with van der Waals surface area (Å²) in [5.41, 5.74) is 4.31. The Morgan fingerprint density at radius 1 is 0.830 bits per heavy atom. The molecule has 0 bridgehead atoms. The van der Waals surface area contributed by atoms with Crippen LogP contribution >= 0.6 is 0 Å². The molecular formula is C43H54O4. The third-order valence-electron chi connectivity index (χ3n) is 13.3. The van der Waals surface area contributed by atoms with Crippen LogP contribution in [0.4, 0.5) is 0 Å². The maximum absolute atomic E-state index is 13.6. The Bertz CT molecular complexity index is 1540. The SMILES string of the molecule is CC(=O)O[C@H]1C[C@H](C(=O)c2ccccc2)CC2=CC=C3[C@@H]4CC[C@H]([C@H](C)CC[C@H](C(=O)c5ccccc5)C(C)C)[C@@]4(C)CC[C@@H]3[C@]21C. The molecule has 0 radical (unpaired) electrons. The minimum atomic E-state index is -0.318. The average Bonchev–Trinajstić information content (AvgIpc) is 3.42. The highest BCUT2D eigenvalue weighted by molar-refractivity contribution is 5.98. The van der Waals surface area contributed by atoms with Gasteiger partial charge in [0, 0.05) is 35.3 Å². The summed E-state index contributed by atoms with van der Waals surface area (Å²) in [6.45, 7) is 13.2. The van der Waals surface area contributed by atoms with Crippen LogP contribution < -0.4 is 0 Å². The third-order valence-corrected chi connectivity index (χ3v) is 13.3. The van der Waals surface area contributed by atoms with Crippen LogP contribution in [0.1, 0.15) is 114 Å². The molecule has 250 valence electrons. The molecule has 0 spiro atoms. The monoisotopic (exact) mass is 634 g/mol. The lowest BCUT2D eigenvalue weighted by molar-refractivity contribution is -0.157. The Morgan fingerprint density at radius 3 is 2.13 bits per heavy atom. The fourth-order valence-corrected chi connectivity index (χ4v) is 10.7. The summed E-state index contributed by atoms with van der Waals surface area (Å²) < 4.78 is 6.16. The number of ether oxygens (including phenoxy) is 1. The predicted octanol–water partition coefficient (Wildman–Crippen LogP) is 10.1. The van der Waals surface area contributed by atoms with Crippen molar-refractivity contribution in [1.82, 2.24) is 0 Å². The van der Waals surface area contributed by atoms with E-state index in [0.717, 1.165) is 43.2 Å². The van der Waals surface area contributed by atoms with Gasteiger partial charge in [0.25, 0.3) is 0 Å². The predicted molar refractivity (Wildman–Crippen MR) is 188 cm³/mol. The van der Waals surface area contributed by atoms with Gasteiger partial charge in [0.1, 0.15) is 6.10 Å². The van der Waals surface area contributed by atoms with Crippen LogP contribution in [0.5, 0.6) is 0 Å². The minimum absolute atomic E-state index is 0.0484. The van der Waals surface area contributed by atoms with E-state index in [1.54, 1.807) is 5.57 Å². The van der Waals surface area contributed by atoms with E-state index in [1.807, 2.05) is 60.7 Å². The van der Waals surface area contributed by atoms with Gasteiger partial charge in [-0.15, -0.1) is 0 Å². The first-order valence-corrected chi connectivity index (χ1v) is 18.2. The van der Waals surface area contributed by atoms with E-state index in [-0.39, 0.29) is 46.3 Å². The molecule has 3 fully saturated rings. The summed E-state index contributed by atoms with van der Waals surface area (Å²) in [6.07, 6.45) is 12.4. The Labute approximate surface area is 282 Å². The molecule has 0 heterocycles. The molecule has 4 nitrogen and oxygen atoms in total. The Balaban J connectivity index is 1.21. The Morgan fingerprint density at radius 2 is 1.49 bits per heavy atom. The second-order valence-electron chi connectivity index (χ2n) is 16.1. The van der Waals surface area contributed by atoms with Crippen molar-refractivity contribution in [2.24, 2.45) is 52.3 Å². The number of allylic oxidation sites excluding steroid dienone is 3. The number of rotatable bonds is 10. The average molecular weight is 635 g/mol. The lowest BCUT2D eigenvalue weighted by Crippen LogP contribution is -2.53. The lowest BCUT2D eigenvalue weighted by Gasteiger charge is -2.57. The Kier molecular flexibility index (Phi) is 9.53. The van der Waals surface area contributed by atoms with Crippen LogP contribution in [0, 0.1) is 52.3 Å². The van der Waals surface area contributed by atoms with E-state index < -0.39 is 0 Å². The van der Waals surface area contributed by atoms with Gasteiger partial charge in [-0.3, -0.25) is 14.4 Å². The lowest BCUT2D eigenvalue weighted by atomic mass is 9.48. The highest BCUT2D eigenvalue weighted by Gasteiger charge is 2.60. The molecule has 0 aromatic heterocycles. The molecule has 6 rings (SSSR count). The largest absolute Gasteiger partial charge is 0.462 e. The fourth-order valence-electron chi connectivity index (χ4n) is 10.7. The van der Waals surface area contributed by atoms with Crippen molar-refractivity contribution in [3.8, 4) is 0 Å². The number of hydrogen-bond acceptors (Lipinski definition) is 4. The number of carbonyl (C=O) groups is 3. The molecule has 0 aliphatic heterocycles. The van der Waals surface area contributed by atoms with Gasteiger partial charge in [0.15, 0.2) is 11.6 Å². The molecule has 47 heavy (non-hydrogen) atoms. The third kappa shape index (κ3) is 6.11. The second-order valence-corrected chi connectivity index (χ2v) is 16.1. The molecule has 0 N–H and O–H groups in total. The van der Waals surface area contributed by atoms with Crippen LogP contribution in [0.2, 0.25) is 0 Å². The van der Waals surface area contributed by atoms with E-state index in [0.29, 0.717) is 36.0 Å². The molecule has 0 unspecified atom stereocenters. The van der Waals surface area contributed by atoms with Crippen molar-refractivity contribution < 1.29 is 19.1 Å². The second kappa shape index (κ2) is 13.3. The Hall–Kier alpha value is -3.27. The summed E-state index contributed by atoms with van der Waals surface area (Å²) in [5, 5.41) is 0. The number of benzene rings is 2. The summed E-state index contributed by atoms with van der Waals surface area (Å²) in [7, 11) is 0. The van der Waals surface area contributed by atoms with Gasteiger partial charge in [0.05, 0.1) is 0 Å². The first-order chi connectivity index (χ1) is 22.4. The van der Waals surface area contributed by atoms with E-state index >= 15 is 0 Å². The van der Waals surface area contributed by atoms with Gasteiger partial charge < -0.3 is 4.74 Å². The standard InChI is InChI=1S/C43H54O4/c1-27(2)34(41(46)31-15-11-8-12-16-31)19-17-28(3)36-21-22-37-35-20-18-33-25-32(40(45)30-13-9-7-10-14-30)26-39(47-29(4)44)43(33,6)38(35)23-24-42(36,37)5/h7-16,18,20,27-28,32,34,36-39H,17,19,21-26H2,1-6H3/t28-,32-,34+,36-,37+,38+,39+,42-,43+/m1/s1. The zero-order valence-electron chi connectivity index (χ0n) is 29.3. The van der Waals surface area contributed by atoms with Crippen molar-refractivity contribution in [2.75, 3.05) is 0 Å². The molecule has 0 amide bonds. The van der Waals surface area contributed by atoms with E-state index in [9.17, 15) is 14.4 Å². The molecule has 3 saturated carbocycles. The van der Waals surface area contributed by atoms with Gasteiger partial charge in [-0.25, -0.2) is 0 Å². The first kappa shape index (κ1) is 33.6. The smallest absolute Gasteiger partial charge is 0.302 e. The molecule has 2 aromatic carbocycles. The van der Waals surface area contributed by atoms with Crippen molar-refractivity contribution in [3.05, 3.63) is 95.1 Å². The minimum Gasteiger partial charge on any atom is -0.462 e. The number of Topliss-reactive ketones (excluding diaryl/α,β-unsaturated/α-hetero) is 2. The molecule has 4 aliphatic carbocycles. The van der Waals surface area contributed by atoms with Gasteiger partial charge in [-0.05, 0) is 86.4 Å². The van der Waals surface area contributed by atoms with Crippen molar-refractivity contribution in [3.63, 3.8) is 0 Å². The van der Waals surface area contributed by atoms with E-state index in [1.165, 1.54) is 25.3 Å². The molecule has 4 aliphatic rings. The van der Waals surface area contributed by atoms with Gasteiger partial charge in [-0.1, -0.05) is 119 Å². The highest BCUT2D eigenvalue weighted by Crippen LogP contribution is 2.66. The van der Waals surface area contributed by atoms with Crippen LogP contribution in [0.25, 0.3) is 0 Å². The summed E-state index contributed by atoms with van der Waals surface area (Å²) in [5.74, 6) is 2.34. The summed E-state index contributed by atoms with van der Waals surface area (Å²) in [4.78, 5) is 39.6. The van der Waals surface area contributed by atoms with E-state index in [2.05, 4.69) is 46.8 Å². The zero-order valence-corrected chi connectivity index (χ0v) is 29.3. The number of ketones is 2. The molecular weight excluding hydrogens is 580 g/mol. The van der Waals surface area contributed by atoms with E-state index in [4.69, 9.17) is 4.74 Å². The van der Waals surface area contributed by atoms with Gasteiger partial charge >= 0.3 is 5.97 Å². The van der Waals surface area contributed by atoms with Crippen LogP contribution in [0.15, 0.2) is 84.0 Å². The summed E-state index contributed by atoms with van der Waals surface area (Å²) >= 11 is 0. The normalized spacial score (nSPS) is 32.6. The maximum Gasteiger partial charge on any atom is 0.302 e.